The van der Waals surface area contributed by atoms with Crippen LogP contribution in [0, 0.1) is 11.6 Å². The van der Waals surface area contributed by atoms with Gasteiger partial charge in [0.25, 0.3) is 0 Å². The number of piperazine rings is 1. The third-order valence-electron chi connectivity index (χ3n) is 4.64. The van der Waals surface area contributed by atoms with Crippen molar-refractivity contribution in [3.63, 3.8) is 0 Å². The molecule has 1 aliphatic carbocycles. The topological polar surface area (TPSA) is 35.6 Å². The minimum atomic E-state index is -0.752. The summed E-state index contributed by atoms with van der Waals surface area (Å²) in [6.45, 7) is 2.85. The van der Waals surface area contributed by atoms with Gasteiger partial charge < -0.3 is 10.2 Å². The molecule has 1 heterocycles. The third-order valence-corrected chi connectivity index (χ3v) is 4.64. The second-order valence-corrected chi connectivity index (χ2v) is 5.99. The van der Waals surface area contributed by atoms with Crippen molar-refractivity contribution < 1.29 is 13.6 Å². The first kappa shape index (κ1) is 15.2. The summed E-state index contributed by atoms with van der Waals surface area (Å²) in [5, 5.41) is 2.35. The van der Waals surface area contributed by atoms with Gasteiger partial charge in [0.1, 0.15) is 17.3 Å². The van der Waals surface area contributed by atoms with Gasteiger partial charge in [-0.25, -0.2) is 13.6 Å². The summed E-state index contributed by atoms with van der Waals surface area (Å²) in [4.78, 5) is 16.2. The van der Waals surface area contributed by atoms with Gasteiger partial charge in [0.05, 0.1) is 0 Å². The van der Waals surface area contributed by atoms with Gasteiger partial charge in [-0.05, 0) is 25.0 Å². The van der Waals surface area contributed by atoms with Crippen LogP contribution in [0.2, 0.25) is 0 Å². The first-order valence-corrected chi connectivity index (χ1v) is 7.89. The smallest absolute Gasteiger partial charge is 0.322 e. The van der Waals surface area contributed by atoms with E-state index in [-0.39, 0.29) is 5.69 Å². The molecule has 22 heavy (non-hydrogen) atoms. The van der Waals surface area contributed by atoms with Crippen LogP contribution in [0.15, 0.2) is 18.2 Å². The Labute approximate surface area is 129 Å². The zero-order chi connectivity index (χ0) is 15.5. The highest BCUT2D eigenvalue weighted by Crippen LogP contribution is 2.24. The van der Waals surface area contributed by atoms with Gasteiger partial charge in [0.2, 0.25) is 0 Å². The molecule has 1 aliphatic heterocycles. The van der Waals surface area contributed by atoms with Crippen molar-refractivity contribution >= 4 is 11.7 Å². The maximum atomic E-state index is 13.6. The second-order valence-electron chi connectivity index (χ2n) is 5.99. The van der Waals surface area contributed by atoms with E-state index in [0.717, 1.165) is 25.2 Å². The molecule has 2 amide bonds. The molecule has 0 radical (unpaired) electrons. The summed E-state index contributed by atoms with van der Waals surface area (Å²) in [7, 11) is 0. The van der Waals surface area contributed by atoms with Gasteiger partial charge in [0, 0.05) is 32.2 Å². The molecule has 0 unspecified atom stereocenters. The number of halogens is 2. The molecule has 0 aromatic heterocycles. The van der Waals surface area contributed by atoms with E-state index in [4.69, 9.17) is 0 Å². The Bertz CT molecular complexity index is 518. The van der Waals surface area contributed by atoms with Crippen LogP contribution in [-0.4, -0.2) is 48.1 Å². The standard InChI is InChI=1S/C16H21F2N3O/c17-13-6-3-7-14(18)15(13)19-16(22)21-10-8-20(9-11-21)12-4-1-2-5-12/h3,6-7,12H,1-2,4-5,8-11H2,(H,19,22). The lowest BCUT2D eigenvalue weighted by Crippen LogP contribution is -2.52. The van der Waals surface area contributed by atoms with E-state index in [1.165, 1.54) is 31.7 Å². The van der Waals surface area contributed by atoms with Crippen molar-refractivity contribution in [2.24, 2.45) is 0 Å². The molecular weight excluding hydrogens is 288 g/mol. The Balaban J connectivity index is 1.55. The third kappa shape index (κ3) is 3.21. The fourth-order valence-electron chi connectivity index (χ4n) is 3.36. The maximum Gasteiger partial charge on any atom is 0.322 e. The number of nitrogens with one attached hydrogen (secondary N) is 1. The number of carbonyl (C=O) groups excluding carboxylic acids is 1. The van der Waals surface area contributed by atoms with E-state index in [9.17, 15) is 13.6 Å². The van der Waals surface area contributed by atoms with E-state index in [0.29, 0.717) is 19.1 Å². The molecule has 3 rings (SSSR count). The molecule has 120 valence electrons. The van der Waals surface area contributed by atoms with Crippen molar-refractivity contribution in [3.05, 3.63) is 29.8 Å². The van der Waals surface area contributed by atoms with Crippen molar-refractivity contribution in [1.29, 1.82) is 0 Å². The molecule has 2 fully saturated rings. The van der Waals surface area contributed by atoms with Crippen LogP contribution in [0.1, 0.15) is 25.7 Å². The van der Waals surface area contributed by atoms with Gasteiger partial charge in [-0.3, -0.25) is 4.90 Å². The number of rotatable bonds is 2. The lowest BCUT2D eigenvalue weighted by molar-refractivity contribution is 0.115. The second kappa shape index (κ2) is 6.60. The molecule has 2 aliphatic rings. The molecule has 0 spiro atoms. The van der Waals surface area contributed by atoms with E-state index < -0.39 is 17.7 Å². The summed E-state index contributed by atoms with van der Waals surface area (Å²) in [5.41, 5.74) is -0.370. The summed E-state index contributed by atoms with van der Waals surface area (Å²) >= 11 is 0. The SMILES string of the molecule is O=C(Nc1c(F)cccc1F)N1CCN(C2CCCC2)CC1. The number of hydrogen-bond donors (Lipinski definition) is 1. The highest BCUT2D eigenvalue weighted by molar-refractivity contribution is 5.89. The van der Waals surface area contributed by atoms with E-state index in [1.54, 1.807) is 4.90 Å². The van der Waals surface area contributed by atoms with Crippen molar-refractivity contribution in [2.45, 2.75) is 31.7 Å². The predicted octanol–water partition coefficient (Wildman–Crippen LogP) is 3.06. The summed E-state index contributed by atoms with van der Waals surface area (Å²) in [6.07, 6.45) is 5.06. The Morgan fingerprint density at radius 2 is 1.64 bits per heavy atom. The molecule has 1 aromatic carbocycles. The fraction of sp³-hybridized carbons (Fsp3) is 0.562. The number of hydrogen-bond acceptors (Lipinski definition) is 2. The van der Waals surface area contributed by atoms with E-state index in [2.05, 4.69) is 10.2 Å². The minimum Gasteiger partial charge on any atom is -0.322 e. The molecular formula is C16H21F2N3O. The fourth-order valence-corrected chi connectivity index (χ4v) is 3.36. The first-order chi connectivity index (χ1) is 10.6. The molecule has 4 nitrogen and oxygen atoms in total. The quantitative estimate of drug-likeness (QED) is 0.911. The van der Waals surface area contributed by atoms with Crippen LogP contribution in [0.5, 0.6) is 0 Å². The predicted molar refractivity (Wildman–Crippen MR) is 80.8 cm³/mol. The summed E-state index contributed by atoms with van der Waals surface area (Å²) in [6, 6.07) is 3.76. The highest BCUT2D eigenvalue weighted by atomic mass is 19.1. The van der Waals surface area contributed by atoms with Crippen LogP contribution in [-0.2, 0) is 0 Å². The molecule has 6 heteroatoms. The van der Waals surface area contributed by atoms with Crippen molar-refractivity contribution in [2.75, 3.05) is 31.5 Å². The van der Waals surface area contributed by atoms with E-state index in [1.807, 2.05) is 0 Å². The molecule has 0 bridgehead atoms. The van der Waals surface area contributed by atoms with Crippen LogP contribution < -0.4 is 5.32 Å². The number of benzene rings is 1. The average Bonchev–Trinajstić information content (AvgIpc) is 3.05. The van der Waals surface area contributed by atoms with Crippen LogP contribution >= 0.6 is 0 Å². The lowest BCUT2D eigenvalue weighted by Gasteiger charge is -2.38. The van der Waals surface area contributed by atoms with Gasteiger partial charge in [-0.2, -0.15) is 0 Å². The molecule has 1 saturated heterocycles. The van der Waals surface area contributed by atoms with Gasteiger partial charge >= 0.3 is 6.03 Å². The Morgan fingerprint density at radius 1 is 1.05 bits per heavy atom. The maximum absolute atomic E-state index is 13.6. The molecule has 1 saturated carbocycles. The number of urea groups is 1. The van der Waals surface area contributed by atoms with Gasteiger partial charge in [0.15, 0.2) is 0 Å². The minimum absolute atomic E-state index is 0.370. The van der Waals surface area contributed by atoms with E-state index >= 15 is 0 Å². The Hall–Kier alpha value is -1.69. The van der Waals surface area contributed by atoms with Gasteiger partial charge in [-0.1, -0.05) is 18.9 Å². The molecule has 1 N–H and O–H groups in total. The normalized spacial score (nSPS) is 20.4. The molecule has 1 aromatic rings. The Morgan fingerprint density at radius 3 is 2.23 bits per heavy atom. The number of nitrogens with zero attached hydrogens (tertiary/aromatic N) is 2. The van der Waals surface area contributed by atoms with Crippen LogP contribution in [0.25, 0.3) is 0 Å². The average molecular weight is 309 g/mol. The monoisotopic (exact) mass is 309 g/mol. The summed E-state index contributed by atoms with van der Waals surface area (Å²) < 4.78 is 27.1. The van der Waals surface area contributed by atoms with Crippen molar-refractivity contribution in [1.82, 2.24) is 9.80 Å². The lowest BCUT2D eigenvalue weighted by atomic mass is 10.2. The number of anilines is 1. The largest absolute Gasteiger partial charge is 0.322 e. The van der Waals surface area contributed by atoms with Crippen LogP contribution in [0.4, 0.5) is 19.3 Å². The molecule has 0 atom stereocenters. The zero-order valence-corrected chi connectivity index (χ0v) is 12.5. The Kier molecular flexibility index (Phi) is 4.57. The van der Waals surface area contributed by atoms with Gasteiger partial charge in [-0.15, -0.1) is 0 Å². The number of carbonyl (C=O) groups is 1. The number of para-hydroxylation sites is 1. The van der Waals surface area contributed by atoms with Crippen LogP contribution in [0.3, 0.4) is 0 Å². The zero-order valence-electron chi connectivity index (χ0n) is 12.5. The number of amides is 2. The van der Waals surface area contributed by atoms with Crippen molar-refractivity contribution in [3.8, 4) is 0 Å². The highest BCUT2D eigenvalue weighted by Gasteiger charge is 2.28. The summed E-state index contributed by atoms with van der Waals surface area (Å²) in [5.74, 6) is -1.50. The first-order valence-electron chi connectivity index (χ1n) is 7.89.